The number of benzene rings is 2. The third-order valence-corrected chi connectivity index (χ3v) is 3.61. The van der Waals surface area contributed by atoms with E-state index in [1.807, 2.05) is 54.6 Å². The largest absolute Gasteiger partial charge is 0.324 e. The Bertz CT molecular complexity index is 912. The number of hydrogen-bond acceptors (Lipinski definition) is 3. The van der Waals surface area contributed by atoms with Gasteiger partial charge in [-0.2, -0.15) is 0 Å². The van der Waals surface area contributed by atoms with Crippen molar-refractivity contribution < 1.29 is 0 Å². The minimum absolute atomic E-state index is 0.640. The van der Waals surface area contributed by atoms with Crippen LogP contribution >= 0.6 is 11.6 Å². The van der Waals surface area contributed by atoms with Gasteiger partial charge < -0.3 is 10.3 Å². The van der Waals surface area contributed by atoms with Crippen molar-refractivity contribution in [2.24, 2.45) is 0 Å². The molecule has 2 N–H and O–H groups in total. The average Bonchev–Trinajstić information content (AvgIpc) is 2.90. The molecule has 0 spiro atoms. The van der Waals surface area contributed by atoms with Gasteiger partial charge >= 0.3 is 0 Å². The number of fused-ring (bicyclic) bond motifs is 2. The van der Waals surface area contributed by atoms with E-state index in [0.717, 1.165) is 21.9 Å². The molecule has 0 unspecified atom stereocenters. The van der Waals surface area contributed by atoms with Crippen molar-refractivity contribution in [1.29, 1.82) is 0 Å². The summed E-state index contributed by atoms with van der Waals surface area (Å²) in [6.07, 6.45) is 0. The van der Waals surface area contributed by atoms with Gasteiger partial charge in [0.2, 0.25) is 5.95 Å². The molecule has 0 radical (unpaired) electrons. The number of anilines is 2. The van der Waals surface area contributed by atoms with Crippen LogP contribution in [0.2, 0.25) is 5.02 Å². The second kappa shape index (κ2) is 4.75. The smallest absolute Gasteiger partial charge is 0.206 e. The second-order valence-corrected chi connectivity index (χ2v) is 5.14. The molecule has 5 heteroatoms. The van der Waals surface area contributed by atoms with Crippen LogP contribution in [-0.2, 0) is 0 Å². The quantitative estimate of drug-likeness (QED) is 0.572. The number of nitrogens with one attached hydrogen (secondary N) is 2. The van der Waals surface area contributed by atoms with E-state index in [0.29, 0.717) is 16.8 Å². The van der Waals surface area contributed by atoms with Crippen LogP contribution < -0.4 is 5.32 Å². The lowest BCUT2D eigenvalue weighted by atomic mass is 10.2. The van der Waals surface area contributed by atoms with E-state index in [4.69, 9.17) is 11.6 Å². The number of para-hydroxylation sites is 3. The van der Waals surface area contributed by atoms with Crippen LogP contribution in [0.15, 0.2) is 54.6 Å². The first-order valence-electron chi connectivity index (χ1n) is 6.57. The average molecular weight is 295 g/mol. The molecule has 0 saturated carbocycles. The second-order valence-electron chi connectivity index (χ2n) is 4.74. The minimum Gasteiger partial charge on any atom is -0.324 e. The Morgan fingerprint density at radius 1 is 0.905 bits per heavy atom. The first kappa shape index (κ1) is 12.2. The number of aromatic nitrogens is 3. The zero-order chi connectivity index (χ0) is 14.2. The van der Waals surface area contributed by atoms with Gasteiger partial charge in [-0.05, 0) is 30.3 Å². The number of H-pyrrole nitrogens is 1. The predicted molar refractivity (Wildman–Crippen MR) is 86.1 cm³/mol. The summed E-state index contributed by atoms with van der Waals surface area (Å²) in [5.74, 6) is 1.37. The van der Waals surface area contributed by atoms with Crippen LogP contribution in [0.4, 0.5) is 11.8 Å². The van der Waals surface area contributed by atoms with Gasteiger partial charge in [-0.3, -0.25) is 0 Å². The fraction of sp³-hybridized carbons (Fsp3) is 0. The Morgan fingerprint density at radius 3 is 2.71 bits per heavy atom. The van der Waals surface area contributed by atoms with Crippen LogP contribution in [-0.4, -0.2) is 15.0 Å². The molecular weight excluding hydrogens is 284 g/mol. The maximum absolute atomic E-state index is 6.18. The lowest BCUT2D eigenvalue weighted by molar-refractivity contribution is 1.27. The van der Waals surface area contributed by atoms with Gasteiger partial charge in [0.1, 0.15) is 5.82 Å². The highest BCUT2D eigenvalue weighted by molar-refractivity contribution is 6.35. The number of hydrogen-bond donors (Lipinski definition) is 2. The van der Waals surface area contributed by atoms with E-state index < -0.39 is 0 Å². The summed E-state index contributed by atoms with van der Waals surface area (Å²) in [7, 11) is 0. The van der Waals surface area contributed by atoms with E-state index in [9.17, 15) is 0 Å². The van der Waals surface area contributed by atoms with Gasteiger partial charge in [0, 0.05) is 5.39 Å². The predicted octanol–water partition coefficient (Wildman–Crippen LogP) is 4.51. The summed E-state index contributed by atoms with van der Waals surface area (Å²) in [6.45, 7) is 0. The zero-order valence-electron chi connectivity index (χ0n) is 11.0. The number of imidazole rings is 1. The lowest BCUT2D eigenvalue weighted by Gasteiger charge is -2.04. The standard InChI is InChI=1S/C16H11ClN4/c17-11-5-3-4-10-8-9-14(20-15(10)11)21-16-18-12-6-1-2-7-13(12)19-16/h1-9H,(H2,18,19,20,21). The van der Waals surface area contributed by atoms with Gasteiger partial charge in [-0.15, -0.1) is 0 Å². The van der Waals surface area contributed by atoms with Crippen LogP contribution in [0.1, 0.15) is 0 Å². The number of pyridine rings is 1. The van der Waals surface area contributed by atoms with Crippen molar-refractivity contribution in [2.75, 3.05) is 5.32 Å². The molecule has 2 aromatic carbocycles. The fourth-order valence-corrected chi connectivity index (χ4v) is 2.54. The zero-order valence-corrected chi connectivity index (χ0v) is 11.7. The molecule has 0 aliphatic rings. The highest BCUT2D eigenvalue weighted by Gasteiger charge is 2.05. The maximum Gasteiger partial charge on any atom is 0.206 e. The van der Waals surface area contributed by atoms with Crippen LogP contribution in [0.3, 0.4) is 0 Å². The Hall–Kier alpha value is -2.59. The molecule has 2 heterocycles. The maximum atomic E-state index is 6.18. The molecule has 4 nitrogen and oxygen atoms in total. The summed E-state index contributed by atoms with van der Waals surface area (Å²) in [6, 6.07) is 17.5. The van der Waals surface area contributed by atoms with Gasteiger partial charge in [-0.25, -0.2) is 9.97 Å². The topological polar surface area (TPSA) is 53.6 Å². The number of aromatic amines is 1. The molecule has 0 amide bonds. The minimum atomic E-state index is 0.640. The molecule has 4 aromatic rings. The van der Waals surface area contributed by atoms with Crippen LogP contribution in [0.25, 0.3) is 21.9 Å². The van der Waals surface area contributed by atoms with Crippen molar-refractivity contribution in [1.82, 2.24) is 15.0 Å². The normalized spacial score (nSPS) is 11.1. The van der Waals surface area contributed by atoms with E-state index in [-0.39, 0.29) is 0 Å². The van der Waals surface area contributed by atoms with Crippen molar-refractivity contribution in [3.05, 3.63) is 59.6 Å². The number of halogens is 1. The number of rotatable bonds is 2. The van der Waals surface area contributed by atoms with Crippen LogP contribution in [0, 0.1) is 0 Å². The molecule has 0 bridgehead atoms. The SMILES string of the molecule is Clc1cccc2ccc(Nc3nc4ccccc4[nH]3)nc12. The van der Waals surface area contributed by atoms with Crippen molar-refractivity contribution in [3.8, 4) is 0 Å². The molecule has 102 valence electrons. The molecule has 0 aliphatic carbocycles. The lowest BCUT2D eigenvalue weighted by Crippen LogP contribution is -1.95. The van der Waals surface area contributed by atoms with Gasteiger partial charge in [0.05, 0.1) is 21.6 Å². The van der Waals surface area contributed by atoms with Crippen LogP contribution in [0.5, 0.6) is 0 Å². The van der Waals surface area contributed by atoms with Gasteiger partial charge in [0.25, 0.3) is 0 Å². The third-order valence-electron chi connectivity index (χ3n) is 3.31. The highest BCUT2D eigenvalue weighted by atomic mass is 35.5. The van der Waals surface area contributed by atoms with E-state index in [1.165, 1.54) is 0 Å². The molecule has 0 aliphatic heterocycles. The Labute approximate surface area is 125 Å². The molecule has 0 saturated heterocycles. The highest BCUT2D eigenvalue weighted by Crippen LogP contribution is 2.24. The first-order chi connectivity index (χ1) is 10.3. The third kappa shape index (κ3) is 2.19. The Morgan fingerprint density at radius 2 is 1.81 bits per heavy atom. The summed E-state index contributed by atoms with van der Waals surface area (Å²) in [4.78, 5) is 12.2. The molecule has 0 atom stereocenters. The van der Waals surface area contributed by atoms with Gasteiger partial charge in [0.15, 0.2) is 0 Å². The molecule has 4 rings (SSSR count). The molecule has 2 aromatic heterocycles. The molecule has 0 fully saturated rings. The van der Waals surface area contributed by atoms with E-state index in [1.54, 1.807) is 0 Å². The summed E-state index contributed by atoms with van der Waals surface area (Å²) < 4.78 is 0. The summed E-state index contributed by atoms with van der Waals surface area (Å²) >= 11 is 6.18. The summed E-state index contributed by atoms with van der Waals surface area (Å²) in [5.41, 5.74) is 2.68. The van der Waals surface area contributed by atoms with E-state index in [2.05, 4.69) is 20.3 Å². The monoisotopic (exact) mass is 294 g/mol. The van der Waals surface area contributed by atoms with Crippen molar-refractivity contribution >= 4 is 45.3 Å². The summed E-state index contributed by atoms with van der Waals surface area (Å²) in [5, 5.41) is 4.83. The van der Waals surface area contributed by atoms with Crippen molar-refractivity contribution in [2.45, 2.75) is 0 Å². The molecular formula is C16H11ClN4. The van der Waals surface area contributed by atoms with Gasteiger partial charge in [-0.1, -0.05) is 35.9 Å². The Kier molecular flexibility index (Phi) is 2.75. The fourth-order valence-electron chi connectivity index (χ4n) is 2.31. The van der Waals surface area contributed by atoms with E-state index >= 15 is 0 Å². The molecule has 21 heavy (non-hydrogen) atoms. The first-order valence-corrected chi connectivity index (χ1v) is 6.94. The Balaban J connectivity index is 1.74. The van der Waals surface area contributed by atoms with Crippen molar-refractivity contribution in [3.63, 3.8) is 0 Å². The number of nitrogens with zero attached hydrogens (tertiary/aromatic N) is 2.